The van der Waals surface area contributed by atoms with Crippen molar-refractivity contribution in [2.45, 2.75) is 24.8 Å². The van der Waals surface area contributed by atoms with Gasteiger partial charge in [0.15, 0.2) is 11.5 Å². The number of rotatable bonds is 8. The molecule has 1 aromatic carbocycles. The van der Waals surface area contributed by atoms with Crippen molar-refractivity contribution in [3.05, 3.63) is 35.1 Å². The molecule has 2 rings (SSSR count). The molecule has 9 heteroatoms. The summed E-state index contributed by atoms with van der Waals surface area (Å²) in [5, 5.41) is 4.82. The highest BCUT2D eigenvalue weighted by molar-refractivity contribution is 7.89. The van der Waals surface area contributed by atoms with Crippen LogP contribution in [0.3, 0.4) is 0 Å². The van der Waals surface area contributed by atoms with E-state index < -0.39 is 10.0 Å². The van der Waals surface area contributed by atoms with Gasteiger partial charge in [-0.05, 0) is 25.5 Å². The van der Waals surface area contributed by atoms with E-state index in [9.17, 15) is 8.42 Å². The summed E-state index contributed by atoms with van der Waals surface area (Å²) in [7, 11) is -0.666. The number of ether oxygens (including phenoxy) is 2. The molecule has 7 nitrogen and oxygen atoms in total. The number of nitrogens with zero attached hydrogens (tertiary/aromatic N) is 2. The Balaban J connectivity index is 1.96. The number of halogens is 1. The Bertz CT molecular complexity index is 786. The number of hydrogen-bond donors (Lipinski definition) is 1. The maximum atomic E-state index is 12.3. The molecule has 1 aromatic heterocycles. The number of aryl methyl sites for hydroxylation is 2. The SMILES string of the molecule is COc1ccc(S(=O)(=O)NCCCn2cc(Cl)c(C)n2)cc1OC. The Labute approximate surface area is 146 Å². The Morgan fingerprint density at radius 1 is 1.25 bits per heavy atom. The van der Waals surface area contributed by atoms with Gasteiger partial charge in [-0.25, -0.2) is 13.1 Å². The zero-order chi connectivity index (χ0) is 17.7. The van der Waals surface area contributed by atoms with Crippen molar-refractivity contribution in [1.82, 2.24) is 14.5 Å². The molecule has 1 N–H and O–H groups in total. The zero-order valence-electron chi connectivity index (χ0n) is 13.7. The second-order valence-corrected chi connectivity index (χ2v) is 7.27. The summed E-state index contributed by atoms with van der Waals surface area (Å²) >= 11 is 5.93. The van der Waals surface area contributed by atoms with E-state index in [0.717, 1.165) is 5.69 Å². The van der Waals surface area contributed by atoms with Crippen LogP contribution in [-0.2, 0) is 16.6 Å². The van der Waals surface area contributed by atoms with E-state index in [0.29, 0.717) is 29.5 Å². The van der Waals surface area contributed by atoms with Crippen molar-refractivity contribution in [2.24, 2.45) is 0 Å². The molecule has 0 aliphatic rings. The van der Waals surface area contributed by atoms with E-state index in [1.165, 1.54) is 26.4 Å². The van der Waals surface area contributed by atoms with Gasteiger partial charge in [0, 0.05) is 25.4 Å². The van der Waals surface area contributed by atoms with Crippen LogP contribution in [0.25, 0.3) is 0 Å². The third kappa shape index (κ3) is 4.40. The molecule has 0 spiro atoms. The zero-order valence-corrected chi connectivity index (χ0v) is 15.3. The summed E-state index contributed by atoms with van der Waals surface area (Å²) < 4.78 is 39.1. The first-order valence-corrected chi connectivity index (χ1v) is 9.14. The lowest BCUT2D eigenvalue weighted by Crippen LogP contribution is -2.25. The molecule has 132 valence electrons. The van der Waals surface area contributed by atoms with Crippen molar-refractivity contribution in [2.75, 3.05) is 20.8 Å². The highest BCUT2D eigenvalue weighted by Gasteiger charge is 2.16. The van der Waals surface area contributed by atoms with Crippen LogP contribution in [0.4, 0.5) is 0 Å². The summed E-state index contributed by atoms with van der Waals surface area (Å²) in [6.07, 6.45) is 2.31. The quantitative estimate of drug-likeness (QED) is 0.717. The Morgan fingerprint density at radius 2 is 1.96 bits per heavy atom. The number of hydrogen-bond acceptors (Lipinski definition) is 5. The molecular formula is C15H20ClN3O4S. The molecule has 24 heavy (non-hydrogen) atoms. The Morgan fingerprint density at radius 3 is 2.54 bits per heavy atom. The summed E-state index contributed by atoms with van der Waals surface area (Å²) in [5.41, 5.74) is 0.752. The lowest BCUT2D eigenvalue weighted by molar-refractivity contribution is 0.354. The minimum absolute atomic E-state index is 0.123. The fraction of sp³-hybridized carbons (Fsp3) is 0.400. The molecular weight excluding hydrogens is 354 g/mol. The van der Waals surface area contributed by atoms with Crippen molar-refractivity contribution < 1.29 is 17.9 Å². The van der Waals surface area contributed by atoms with Crippen molar-refractivity contribution in [3.8, 4) is 11.5 Å². The average molecular weight is 374 g/mol. The smallest absolute Gasteiger partial charge is 0.240 e. The van der Waals surface area contributed by atoms with Gasteiger partial charge in [0.05, 0.1) is 29.8 Å². The van der Waals surface area contributed by atoms with Gasteiger partial charge in [-0.1, -0.05) is 11.6 Å². The third-order valence-corrected chi connectivity index (χ3v) is 5.24. The van der Waals surface area contributed by atoms with Crippen LogP contribution in [0.1, 0.15) is 12.1 Å². The highest BCUT2D eigenvalue weighted by atomic mass is 35.5. The number of sulfonamides is 1. The number of benzene rings is 1. The molecule has 0 atom stereocenters. The van der Waals surface area contributed by atoms with Crippen molar-refractivity contribution in [1.29, 1.82) is 0 Å². The lowest BCUT2D eigenvalue weighted by atomic mass is 10.3. The molecule has 0 saturated heterocycles. The van der Waals surface area contributed by atoms with Crippen LogP contribution in [0.15, 0.2) is 29.3 Å². The van der Waals surface area contributed by atoms with Gasteiger partial charge in [-0.2, -0.15) is 5.10 Å². The van der Waals surface area contributed by atoms with E-state index in [-0.39, 0.29) is 11.4 Å². The van der Waals surface area contributed by atoms with Crippen LogP contribution in [0, 0.1) is 6.92 Å². The molecule has 0 aliphatic carbocycles. The van der Waals surface area contributed by atoms with E-state index >= 15 is 0 Å². The molecule has 0 unspecified atom stereocenters. The molecule has 0 saturated carbocycles. The van der Waals surface area contributed by atoms with Gasteiger partial charge in [-0.3, -0.25) is 4.68 Å². The van der Waals surface area contributed by atoms with E-state index in [1.807, 2.05) is 6.92 Å². The van der Waals surface area contributed by atoms with E-state index in [1.54, 1.807) is 16.9 Å². The molecule has 1 heterocycles. The second kappa shape index (κ2) is 7.87. The largest absolute Gasteiger partial charge is 0.493 e. The predicted octanol–water partition coefficient (Wildman–Crippen LogP) is 2.23. The first-order valence-electron chi connectivity index (χ1n) is 7.28. The standard InChI is InChI=1S/C15H20ClN3O4S/c1-11-13(16)10-19(18-11)8-4-7-17-24(20,21)12-5-6-14(22-2)15(9-12)23-3/h5-6,9-10,17H,4,7-8H2,1-3H3. The monoisotopic (exact) mass is 373 g/mol. The topological polar surface area (TPSA) is 82.5 Å². The van der Waals surface area contributed by atoms with E-state index in [2.05, 4.69) is 9.82 Å². The van der Waals surface area contributed by atoms with Crippen LogP contribution in [-0.4, -0.2) is 39.0 Å². The summed E-state index contributed by atoms with van der Waals surface area (Å²) in [4.78, 5) is 0.123. The number of methoxy groups -OCH3 is 2. The minimum atomic E-state index is -3.62. The predicted molar refractivity (Wildman–Crippen MR) is 91.3 cm³/mol. The van der Waals surface area contributed by atoms with Crippen LogP contribution >= 0.6 is 11.6 Å². The first-order chi connectivity index (χ1) is 11.4. The number of aromatic nitrogens is 2. The summed E-state index contributed by atoms with van der Waals surface area (Å²) in [6.45, 7) is 2.67. The van der Waals surface area contributed by atoms with E-state index in [4.69, 9.17) is 21.1 Å². The maximum absolute atomic E-state index is 12.3. The molecule has 0 aliphatic heterocycles. The second-order valence-electron chi connectivity index (χ2n) is 5.09. The molecule has 0 bridgehead atoms. The van der Waals surface area contributed by atoms with Crippen LogP contribution < -0.4 is 14.2 Å². The normalized spacial score (nSPS) is 11.5. The molecule has 0 fully saturated rings. The Hall–Kier alpha value is -1.77. The van der Waals surface area contributed by atoms with Crippen LogP contribution in [0.5, 0.6) is 11.5 Å². The molecule has 2 aromatic rings. The fourth-order valence-corrected chi connectivity index (χ4v) is 3.36. The van der Waals surface area contributed by atoms with Gasteiger partial charge in [0.2, 0.25) is 10.0 Å². The average Bonchev–Trinajstić information content (AvgIpc) is 2.89. The molecule has 0 radical (unpaired) electrons. The van der Waals surface area contributed by atoms with Crippen molar-refractivity contribution in [3.63, 3.8) is 0 Å². The van der Waals surface area contributed by atoms with Gasteiger partial charge in [0.1, 0.15) is 0 Å². The Kier molecular flexibility index (Phi) is 6.09. The molecule has 0 amide bonds. The van der Waals surface area contributed by atoms with Crippen LogP contribution in [0.2, 0.25) is 5.02 Å². The maximum Gasteiger partial charge on any atom is 0.240 e. The third-order valence-electron chi connectivity index (χ3n) is 3.41. The van der Waals surface area contributed by atoms with Crippen molar-refractivity contribution >= 4 is 21.6 Å². The lowest BCUT2D eigenvalue weighted by Gasteiger charge is -2.11. The van der Waals surface area contributed by atoms with Gasteiger partial charge >= 0.3 is 0 Å². The van der Waals surface area contributed by atoms with Gasteiger partial charge in [0.25, 0.3) is 0 Å². The van der Waals surface area contributed by atoms with Gasteiger partial charge in [-0.15, -0.1) is 0 Å². The summed E-state index contributed by atoms with van der Waals surface area (Å²) in [6, 6.07) is 4.46. The fourth-order valence-electron chi connectivity index (χ4n) is 2.12. The number of nitrogens with one attached hydrogen (secondary N) is 1. The first kappa shape index (κ1) is 18.6. The summed E-state index contributed by atoms with van der Waals surface area (Å²) in [5.74, 6) is 0.837. The van der Waals surface area contributed by atoms with Gasteiger partial charge < -0.3 is 9.47 Å². The minimum Gasteiger partial charge on any atom is -0.493 e. The highest BCUT2D eigenvalue weighted by Crippen LogP contribution is 2.29.